The Kier molecular flexibility index (Phi) is 27.2. The summed E-state index contributed by atoms with van der Waals surface area (Å²) in [6, 6.07) is 30.2. The zero-order valence-corrected chi connectivity index (χ0v) is 52.4. The molecule has 0 unspecified atom stereocenters. The first-order valence-electron chi connectivity index (χ1n) is 28.7. The molecule has 12 rings (SSSR count). The molecule has 99 heavy (non-hydrogen) atoms. The average molecular weight is 1410 g/mol. The van der Waals surface area contributed by atoms with E-state index in [9.17, 15) is 80.2 Å². The largest absolute Gasteiger partial charge is 0.417 e. The number of rotatable bonds is 13. The molecule has 0 bridgehead atoms. The first-order chi connectivity index (χ1) is 46.5. The van der Waals surface area contributed by atoms with Crippen LogP contribution < -0.4 is 32.8 Å². The molecule has 5 heterocycles. The molecule has 520 valence electrons. The van der Waals surface area contributed by atoms with E-state index in [1.165, 1.54) is 127 Å². The first-order valence-corrected chi connectivity index (χ1v) is 28.7. The summed E-state index contributed by atoms with van der Waals surface area (Å²) in [5.41, 5.74) is 10.9. The first kappa shape index (κ1) is 76.7. The van der Waals surface area contributed by atoms with Crippen molar-refractivity contribution in [1.82, 2.24) is 29.3 Å². The van der Waals surface area contributed by atoms with E-state index in [2.05, 4.69) is 25.5 Å². The number of ketones is 3. The Morgan fingerprint density at radius 1 is 0.434 bits per heavy atom. The Hall–Kier alpha value is -11.3. The number of halogens is 16. The number of hydrogen-bond donors (Lipinski definition) is 4. The molecule has 3 aromatic heterocycles. The van der Waals surface area contributed by atoms with Crippen LogP contribution in [0.2, 0.25) is 0 Å². The highest BCUT2D eigenvalue weighted by molar-refractivity contribution is 6.02. The lowest BCUT2D eigenvalue weighted by Crippen LogP contribution is -2.15. The number of anilines is 4. The van der Waals surface area contributed by atoms with Gasteiger partial charge < -0.3 is 16.9 Å². The minimum Gasteiger partial charge on any atom is -0.386 e. The molecule has 2 aliphatic rings. The summed E-state index contributed by atoms with van der Waals surface area (Å²) >= 11 is 0. The number of Topliss-reactive ketones (excluding diaryl/α,β-unsaturated/α-hetero) is 3. The maximum Gasteiger partial charge on any atom is 0.417 e. The zero-order chi connectivity index (χ0) is 71.5. The lowest BCUT2D eigenvalue weighted by Gasteiger charge is -2.14. The average Bonchev–Trinajstić information content (AvgIpc) is 1.80. The molecule has 0 saturated heterocycles. The standard InChI is InChI=1S/C18H11F5N2O.C12H12F2N2O.C12H10F2N2O.C9H9F2N3.C9H7F2N3.C6H6F2N2.ClH/c19-14-6-3-7-15(20)17(14)25-9-8-11(24-25)10-16(26)12-4-1-2-5-13(12)18(21,22)23;2*1-8(17)7-9-5-6-16(15-9)12-10(13)3-2-4-11(12)14;2*10-6-2-1-3-7(11)9(6)14-5-4-8(12)13-14;7-4-2-1-3-5(8)6(4)10-9;/h1-9H,10H2;2-4H,5-7H2,1H3;2-6H,7H2,1H3;1-3H,4-5H2,(H2,12,13);1-5H,(H2,12,13);1-3,10H,9H2;1H. The van der Waals surface area contributed by atoms with Gasteiger partial charge in [-0.25, -0.2) is 66.7 Å². The Labute approximate surface area is 559 Å². The lowest BCUT2D eigenvalue weighted by atomic mass is 10.0. The number of nitrogens with one attached hydrogen (secondary N) is 1. The number of amidine groups is 1. The van der Waals surface area contributed by atoms with Gasteiger partial charge in [-0.1, -0.05) is 54.6 Å². The molecule has 7 N–H and O–H groups in total. The fourth-order valence-corrected chi connectivity index (χ4v) is 9.06. The summed E-state index contributed by atoms with van der Waals surface area (Å²) in [7, 11) is 0. The van der Waals surface area contributed by atoms with Crippen LogP contribution in [0.25, 0.3) is 17.1 Å². The molecule has 0 spiro atoms. The van der Waals surface area contributed by atoms with Crippen molar-refractivity contribution < 1.29 is 80.2 Å². The van der Waals surface area contributed by atoms with E-state index >= 15 is 0 Å². The highest BCUT2D eigenvalue weighted by Crippen LogP contribution is 2.33. The van der Waals surface area contributed by atoms with Crippen molar-refractivity contribution in [1.29, 1.82) is 0 Å². The summed E-state index contributed by atoms with van der Waals surface area (Å²) in [5, 5.41) is 22.0. The van der Waals surface area contributed by atoms with Gasteiger partial charge in [0.1, 0.15) is 57.3 Å². The maximum atomic E-state index is 13.8. The van der Waals surface area contributed by atoms with Gasteiger partial charge in [-0.2, -0.15) is 38.7 Å². The second kappa shape index (κ2) is 35.1. The molecule has 0 radical (unpaired) electrons. The zero-order valence-electron chi connectivity index (χ0n) is 51.6. The monoisotopic (exact) mass is 1410 g/mol. The quantitative estimate of drug-likeness (QED) is 0.0366. The van der Waals surface area contributed by atoms with Crippen LogP contribution >= 0.6 is 12.4 Å². The molecule has 0 amide bonds. The summed E-state index contributed by atoms with van der Waals surface area (Å²) in [6.45, 7) is 3.72. The molecule has 17 nitrogen and oxygen atoms in total. The van der Waals surface area contributed by atoms with Gasteiger partial charge in [0, 0.05) is 68.3 Å². The normalized spacial score (nSPS) is 12.1. The number of nitrogens with two attached hydrogens (primary N) is 3. The lowest BCUT2D eigenvalue weighted by molar-refractivity contribution is -0.138. The highest BCUT2D eigenvalue weighted by Gasteiger charge is 2.35. The number of alkyl halides is 3. The third-order valence-electron chi connectivity index (χ3n) is 13.4. The SMILES string of the molecule is CC(=O)CC1=NN(c2c(F)cccc2F)CC1.CC(=O)Cc1ccn(-c2c(F)cccc2F)n1.Cl.NC1=NN(c2c(F)cccc2F)CC1.NNc1c(F)cccc1F.Nc1ccn(-c2c(F)cccc2F)n1.O=C(Cc1ccn(-c2c(F)cccc2F)n1)c1ccccc1C(F)(F)F. The smallest absolute Gasteiger partial charge is 0.386 e. The highest BCUT2D eigenvalue weighted by atomic mass is 35.5. The van der Waals surface area contributed by atoms with Gasteiger partial charge in [0.05, 0.1) is 29.8 Å². The van der Waals surface area contributed by atoms with Gasteiger partial charge in [0.2, 0.25) is 0 Å². The Morgan fingerprint density at radius 3 is 1.14 bits per heavy atom. The summed E-state index contributed by atoms with van der Waals surface area (Å²) < 4.78 is 201. The fraction of sp³-hybridized carbons (Fsp3) is 0.152. The maximum absolute atomic E-state index is 13.8. The Morgan fingerprint density at radius 2 is 0.788 bits per heavy atom. The fourth-order valence-electron chi connectivity index (χ4n) is 9.06. The molecule has 0 atom stereocenters. The van der Waals surface area contributed by atoms with Crippen molar-refractivity contribution in [3.05, 3.63) is 263 Å². The van der Waals surface area contributed by atoms with E-state index in [-0.39, 0.29) is 76.8 Å². The van der Waals surface area contributed by atoms with Crippen molar-refractivity contribution in [3.8, 4) is 17.1 Å². The topological polar surface area (TPSA) is 226 Å². The molecule has 0 saturated carbocycles. The predicted octanol–water partition coefficient (Wildman–Crippen LogP) is 14.2. The van der Waals surface area contributed by atoms with E-state index in [0.717, 1.165) is 74.7 Å². The van der Waals surface area contributed by atoms with Gasteiger partial charge in [0.15, 0.2) is 75.6 Å². The number of hydrogen-bond acceptors (Lipinski definition) is 14. The van der Waals surface area contributed by atoms with Crippen molar-refractivity contribution in [3.63, 3.8) is 0 Å². The molecule has 2 aliphatic heterocycles. The van der Waals surface area contributed by atoms with Crippen LogP contribution in [0.15, 0.2) is 180 Å². The number of carbonyl (C=O) groups is 3. The van der Waals surface area contributed by atoms with Crippen LogP contribution in [-0.4, -0.2) is 71.3 Å². The van der Waals surface area contributed by atoms with E-state index in [1.54, 1.807) is 6.07 Å². The predicted molar refractivity (Wildman–Crippen MR) is 341 cm³/mol. The van der Waals surface area contributed by atoms with Gasteiger partial charge >= 0.3 is 6.18 Å². The number of nitrogen functional groups attached to an aromatic ring is 2. The number of nitrogens with zero attached hydrogens (tertiary/aromatic N) is 10. The van der Waals surface area contributed by atoms with Crippen LogP contribution in [0, 0.1) is 69.8 Å². The van der Waals surface area contributed by atoms with Crippen molar-refractivity contribution in [2.24, 2.45) is 21.8 Å². The van der Waals surface area contributed by atoms with E-state index in [4.69, 9.17) is 17.3 Å². The number of hydrazine groups is 1. The van der Waals surface area contributed by atoms with Gasteiger partial charge in [0.25, 0.3) is 0 Å². The van der Waals surface area contributed by atoms with Crippen LogP contribution in [0.4, 0.5) is 88.7 Å². The van der Waals surface area contributed by atoms with Gasteiger partial charge in [-0.05, 0) is 105 Å². The van der Waals surface area contributed by atoms with Crippen LogP contribution in [0.1, 0.15) is 60.4 Å². The molecule has 7 aromatic carbocycles. The molecular weight excluding hydrogens is 1360 g/mol. The Bertz CT molecular complexity index is 4400. The number of para-hydroxylation sites is 6. The molecule has 10 aromatic rings. The van der Waals surface area contributed by atoms with Crippen molar-refractivity contribution >= 4 is 64.2 Å². The summed E-state index contributed by atoms with van der Waals surface area (Å²) in [6.07, 6.45) is 0.464. The Balaban J connectivity index is 0.000000191. The number of hydrazone groups is 2. The van der Waals surface area contributed by atoms with Gasteiger partial charge in [-0.3, -0.25) is 30.2 Å². The minimum absolute atomic E-state index is 0. The summed E-state index contributed by atoms with van der Waals surface area (Å²) in [5.74, 6) is -3.76. The molecule has 0 aliphatic carbocycles. The second-order valence-corrected chi connectivity index (χ2v) is 20.7. The van der Waals surface area contributed by atoms with E-state index in [0.29, 0.717) is 43.2 Å². The van der Waals surface area contributed by atoms with Crippen molar-refractivity contribution in [2.45, 2.75) is 52.1 Å². The molecule has 33 heteroatoms. The number of benzene rings is 7. The second-order valence-electron chi connectivity index (χ2n) is 20.7. The van der Waals surface area contributed by atoms with Crippen LogP contribution in [0.3, 0.4) is 0 Å². The van der Waals surface area contributed by atoms with Crippen LogP contribution in [-0.2, 0) is 28.6 Å². The third-order valence-corrected chi connectivity index (χ3v) is 13.4. The van der Waals surface area contributed by atoms with E-state index in [1.807, 2.05) is 5.43 Å². The van der Waals surface area contributed by atoms with Gasteiger partial charge in [-0.15, -0.1) is 12.4 Å². The minimum atomic E-state index is -4.66. The van der Waals surface area contributed by atoms with Crippen molar-refractivity contribution in [2.75, 3.05) is 34.3 Å². The molecule has 0 fully saturated rings. The third kappa shape index (κ3) is 20.9. The number of aromatic nitrogens is 6. The molecular formula is C66H56ClF15N14O3. The van der Waals surface area contributed by atoms with E-state index < -0.39 is 105 Å². The van der Waals surface area contributed by atoms with Crippen LogP contribution in [0.5, 0.6) is 0 Å². The number of carbonyl (C=O) groups excluding carboxylic acids is 3. The summed E-state index contributed by atoms with van der Waals surface area (Å²) in [4.78, 5) is 34.1.